The van der Waals surface area contributed by atoms with Gasteiger partial charge in [-0.1, -0.05) is 0 Å². The van der Waals surface area contributed by atoms with Gasteiger partial charge in [0.05, 0.1) is 5.69 Å². The quantitative estimate of drug-likeness (QED) is 0.840. The number of aromatic nitrogens is 2. The van der Waals surface area contributed by atoms with Gasteiger partial charge in [0.2, 0.25) is 0 Å². The van der Waals surface area contributed by atoms with E-state index in [4.69, 9.17) is 0 Å². The van der Waals surface area contributed by atoms with Gasteiger partial charge in [0.15, 0.2) is 5.82 Å². The first-order chi connectivity index (χ1) is 8.43. The summed E-state index contributed by atoms with van der Waals surface area (Å²) in [5.41, 5.74) is 1.18. The lowest BCUT2D eigenvalue weighted by atomic mass is 9.94. The van der Waals surface area contributed by atoms with Crippen LogP contribution in [-0.4, -0.2) is 36.4 Å². The number of hydrogen-bond acceptors (Lipinski definition) is 4. The van der Waals surface area contributed by atoms with Gasteiger partial charge < -0.3 is 10.2 Å². The Bertz CT molecular complexity index is 350. The maximum atomic E-state index is 4.43. The molecule has 0 radical (unpaired) electrons. The van der Waals surface area contributed by atoms with Crippen molar-refractivity contribution in [3.05, 3.63) is 17.8 Å². The summed E-state index contributed by atoms with van der Waals surface area (Å²) in [4.78, 5) is 2.33. The number of anilines is 1. The lowest BCUT2D eigenvalue weighted by Crippen LogP contribution is -2.27. The van der Waals surface area contributed by atoms with Gasteiger partial charge in [0.1, 0.15) is 0 Å². The number of nitrogens with zero attached hydrogens (tertiary/aromatic N) is 3. The molecule has 1 aromatic heterocycles. The van der Waals surface area contributed by atoms with Gasteiger partial charge in [-0.25, -0.2) is 0 Å². The SMILES string of the molecule is c1cc(N2CCCC2)nnc1C1CCNCC1. The van der Waals surface area contributed by atoms with Crippen LogP contribution in [0.2, 0.25) is 0 Å². The lowest BCUT2D eigenvalue weighted by molar-refractivity contribution is 0.450. The number of hydrogen-bond donors (Lipinski definition) is 1. The van der Waals surface area contributed by atoms with Gasteiger partial charge in [0, 0.05) is 19.0 Å². The molecule has 2 saturated heterocycles. The van der Waals surface area contributed by atoms with Crippen LogP contribution in [0.4, 0.5) is 5.82 Å². The van der Waals surface area contributed by atoms with Gasteiger partial charge in [-0.3, -0.25) is 0 Å². The lowest BCUT2D eigenvalue weighted by Gasteiger charge is -2.22. The van der Waals surface area contributed by atoms with E-state index in [1.807, 2.05) is 0 Å². The standard InChI is InChI=1S/C13H20N4/c1-2-10-17(9-1)13-4-3-12(15-16-13)11-5-7-14-8-6-11/h3-4,11,14H,1-2,5-10H2. The summed E-state index contributed by atoms with van der Waals surface area (Å²) in [5, 5.41) is 12.2. The van der Waals surface area contributed by atoms with Crippen LogP contribution in [0.1, 0.15) is 37.3 Å². The largest absolute Gasteiger partial charge is 0.355 e. The van der Waals surface area contributed by atoms with Crippen LogP contribution in [0.5, 0.6) is 0 Å². The highest BCUT2D eigenvalue weighted by molar-refractivity contribution is 5.38. The van der Waals surface area contributed by atoms with Crippen LogP contribution in [0, 0.1) is 0 Å². The van der Waals surface area contributed by atoms with Crippen molar-refractivity contribution >= 4 is 5.82 Å². The average molecular weight is 232 g/mol. The second-order valence-electron chi connectivity index (χ2n) is 5.03. The molecule has 92 valence electrons. The molecule has 17 heavy (non-hydrogen) atoms. The van der Waals surface area contributed by atoms with Crippen LogP contribution in [0.15, 0.2) is 12.1 Å². The second kappa shape index (κ2) is 5.00. The third-order valence-electron chi connectivity index (χ3n) is 3.86. The zero-order valence-electron chi connectivity index (χ0n) is 10.2. The smallest absolute Gasteiger partial charge is 0.151 e. The molecule has 2 fully saturated rings. The first kappa shape index (κ1) is 11.0. The molecule has 0 atom stereocenters. The highest BCUT2D eigenvalue weighted by atomic mass is 15.3. The van der Waals surface area contributed by atoms with Gasteiger partial charge in [-0.2, -0.15) is 5.10 Å². The van der Waals surface area contributed by atoms with Gasteiger partial charge >= 0.3 is 0 Å². The van der Waals surface area contributed by atoms with Crippen molar-refractivity contribution in [1.29, 1.82) is 0 Å². The molecule has 4 heteroatoms. The van der Waals surface area contributed by atoms with Crippen LogP contribution < -0.4 is 10.2 Å². The predicted molar refractivity (Wildman–Crippen MR) is 68.3 cm³/mol. The molecule has 0 bridgehead atoms. The first-order valence-corrected chi connectivity index (χ1v) is 6.73. The minimum Gasteiger partial charge on any atom is -0.355 e. The number of piperidine rings is 1. The third-order valence-corrected chi connectivity index (χ3v) is 3.86. The second-order valence-corrected chi connectivity index (χ2v) is 5.03. The highest BCUT2D eigenvalue weighted by Gasteiger charge is 2.18. The van der Waals surface area contributed by atoms with Crippen molar-refractivity contribution in [2.24, 2.45) is 0 Å². The minimum absolute atomic E-state index is 0.608. The zero-order chi connectivity index (χ0) is 11.5. The molecule has 0 unspecified atom stereocenters. The van der Waals surface area contributed by atoms with Crippen molar-refractivity contribution in [2.75, 3.05) is 31.1 Å². The molecular formula is C13H20N4. The molecule has 1 N–H and O–H groups in total. The van der Waals surface area contributed by atoms with Crippen molar-refractivity contribution in [2.45, 2.75) is 31.6 Å². The molecule has 4 nitrogen and oxygen atoms in total. The molecular weight excluding hydrogens is 212 g/mol. The first-order valence-electron chi connectivity index (χ1n) is 6.73. The fraction of sp³-hybridized carbons (Fsp3) is 0.692. The summed E-state index contributed by atoms with van der Waals surface area (Å²) in [6, 6.07) is 4.33. The molecule has 0 aromatic carbocycles. The Morgan fingerprint density at radius 2 is 1.82 bits per heavy atom. The maximum Gasteiger partial charge on any atom is 0.151 e. The van der Waals surface area contributed by atoms with Crippen LogP contribution in [0.25, 0.3) is 0 Å². The Morgan fingerprint density at radius 1 is 1.06 bits per heavy atom. The molecule has 1 aromatic rings. The topological polar surface area (TPSA) is 41.1 Å². The molecule has 0 amide bonds. The normalized spacial score (nSPS) is 22.0. The summed E-state index contributed by atoms with van der Waals surface area (Å²) < 4.78 is 0. The monoisotopic (exact) mass is 232 g/mol. The highest BCUT2D eigenvalue weighted by Crippen LogP contribution is 2.24. The van der Waals surface area contributed by atoms with Crippen LogP contribution in [0.3, 0.4) is 0 Å². The zero-order valence-corrected chi connectivity index (χ0v) is 10.2. The summed E-state index contributed by atoms with van der Waals surface area (Å²) in [7, 11) is 0. The van der Waals surface area contributed by atoms with Gasteiger partial charge in [-0.05, 0) is 50.9 Å². The molecule has 3 heterocycles. The van der Waals surface area contributed by atoms with E-state index in [0.717, 1.165) is 32.0 Å². The predicted octanol–water partition coefficient (Wildman–Crippen LogP) is 1.54. The summed E-state index contributed by atoms with van der Waals surface area (Å²) >= 11 is 0. The van der Waals surface area contributed by atoms with E-state index in [1.54, 1.807) is 0 Å². The molecule has 3 rings (SSSR count). The van der Waals surface area contributed by atoms with Crippen molar-refractivity contribution < 1.29 is 0 Å². The minimum atomic E-state index is 0.608. The van der Waals surface area contributed by atoms with Crippen LogP contribution in [-0.2, 0) is 0 Å². The number of nitrogens with one attached hydrogen (secondary N) is 1. The van der Waals surface area contributed by atoms with E-state index in [0.29, 0.717) is 5.92 Å². The van der Waals surface area contributed by atoms with E-state index >= 15 is 0 Å². The Hall–Kier alpha value is -1.16. The van der Waals surface area contributed by atoms with E-state index in [2.05, 4.69) is 32.5 Å². The summed E-state index contributed by atoms with van der Waals surface area (Å²) in [6.45, 7) is 4.50. The Kier molecular flexibility index (Phi) is 3.22. The number of rotatable bonds is 2. The van der Waals surface area contributed by atoms with E-state index in [1.165, 1.54) is 31.4 Å². The third kappa shape index (κ3) is 2.41. The van der Waals surface area contributed by atoms with Crippen molar-refractivity contribution in [1.82, 2.24) is 15.5 Å². The van der Waals surface area contributed by atoms with E-state index in [9.17, 15) is 0 Å². The van der Waals surface area contributed by atoms with E-state index in [-0.39, 0.29) is 0 Å². The molecule has 0 saturated carbocycles. The molecule has 2 aliphatic rings. The Balaban J connectivity index is 1.70. The van der Waals surface area contributed by atoms with Gasteiger partial charge in [0.25, 0.3) is 0 Å². The maximum absolute atomic E-state index is 4.43. The van der Waals surface area contributed by atoms with Gasteiger partial charge in [-0.15, -0.1) is 5.10 Å². The summed E-state index contributed by atoms with van der Waals surface area (Å²) in [6.07, 6.45) is 4.96. The Morgan fingerprint density at radius 3 is 2.47 bits per heavy atom. The molecule has 0 spiro atoms. The molecule has 0 aliphatic carbocycles. The fourth-order valence-corrected chi connectivity index (χ4v) is 2.79. The van der Waals surface area contributed by atoms with Crippen molar-refractivity contribution in [3.8, 4) is 0 Å². The van der Waals surface area contributed by atoms with Crippen LogP contribution >= 0.6 is 0 Å². The van der Waals surface area contributed by atoms with Crippen molar-refractivity contribution in [3.63, 3.8) is 0 Å². The molecule has 2 aliphatic heterocycles. The summed E-state index contributed by atoms with van der Waals surface area (Å²) in [5.74, 6) is 1.66. The Labute approximate surface area is 102 Å². The fourth-order valence-electron chi connectivity index (χ4n) is 2.79. The van der Waals surface area contributed by atoms with E-state index < -0.39 is 0 Å². The average Bonchev–Trinajstić information content (AvgIpc) is 2.94.